The summed E-state index contributed by atoms with van der Waals surface area (Å²) in [5.41, 5.74) is 7.49. The molecular formula is C9H13N3OS. The predicted molar refractivity (Wildman–Crippen MR) is 56.6 cm³/mol. The second kappa shape index (κ2) is 3.74. The van der Waals surface area contributed by atoms with Crippen LogP contribution in [-0.2, 0) is 12.8 Å². The number of rotatable bonds is 1. The highest BCUT2D eigenvalue weighted by atomic mass is 32.2. The number of aromatic nitrogens is 2. The molecule has 3 N–H and O–H groups in total. The summed E-state index contributed by atoms with van der Waals surface area (Å²) in [5.74, 6) is 0. The second-order valence-corrected chi connectivity index (χ2v) is 4.30. The van der Waals surface area contributed by atoms with E-state index in [1.165, 1.54) is 11.8 Å². The van der Waals surface area contributed by atoms with Crippen molar-refractivity contribution in [3.8, 4) is 0 Å². The van der Waals surface area contributed by atoms with Gasteiger partial charge in [-0.05, 0) is 25.5 Å². The van der Waals surface area contributed by atoms with Crippen molar-refractivity contribution in [2.45, 2.75) is 30.5 Å². The lowest BCUT2D eigenvalue weighted by Gasteiger charge is -2.19. The van der Waals surface area contributed by atoms with Gasteiger partial charge < -0.3 is 10.7 Å². The maximum atomic E-state index is 11.6. The molecule has 1 aliphatic rings. The van der Waals surface area contributed by atoms with Gasteiger partial charge in [0.2, 0.25) is 0 Å². The Morgan fingerprint density at radius 1 is 1.64 bits per heavy atom. The van der Waals surface area contributed by atoms with Crippen LogP contribution in [0.2, 0.25) is 0 Å². The first-order valence-electron chi connectivity index (χ1n) is 4.62. The smallest absolute Gasteiger partial charge is 0.255 e. The number of thioether (sulfide) groups is 1. The van der Waals surface area contributed by atoms with Gasteiger partial charge in [-0.2, -0.15) is 0 Å². The van der Waals surface area contributed by atoms with Crippen LogP contribution >= 0.6 is 11.8 Å². The van der Waals surface area contributed by atoms with E-state index in [1.54, 1.807) is 0 Å². The average molecular weight is 211 g/mol. The summed E-state index contributed by atoms with van der Waals surface area (Å²) >= 11 is 1.46. The summed E-state index contributed by atoms with van der Waals surface area (Å²) in [6.07, 6.45) is 4.32. The van der Waals surface area contributed by atoms with Crippen molar-refractivity contribution in [2.24, 2.45) is 5.73 Å². The van der Waals surface area contributed by atoms with E-state index in [9.17, 15) is 4.79 Å². The standard InChI is InChI=1S/C9H13N3OS/c1-14-9-11-7-3-2-5(10)4-6(7)8(13)12-9/h5H,2-4,10H2,1H3,(H,11,12,13). The van der Waals surface area contributed by atoms with Crippen LogP contribution in [0.3, 0.4) is 0 Å². The van der Waals surface area contributed by atoms with Crippen LogP contribution in [0.4, 0.5) is 0 Å². The van der Waals surface area contributed by atoms with Crippen molar-refractivity contribution >= 4 is 11.8 Å². The van der Waals surface area contributed by atoms with Crippen molar-refractivity contribution in [2.75, 3.05) is 6.26 Å². The Morgan fingerprint density at radius 2 is 2.43 bits per heavy atom. The van der Waals surface area contributed by atoms with E-state index in [1.807, 2.05) is 6.26 Å². The van der Waals surface area contributed by atoms with E-state index in [0.717, 1.165) is 24.1 Å². The van der Waals surface area contributed by atoms with Crippen LogP contribution in [0.25, 0.3) is 0 Å². The number of hydrogen-bond acceptors (Lipinski definition) is 4. The zero-order chi connectivity index (χ0) is 10.1. The first-order valence-corrected chi connectivity index (χ1v) is 5.85. The van der Waals surface area contributed by atoms with E-state index >= 15 is 0 Å². The van der Waals surface area contributed by atoms with Gasteiger partial charge in [0.05, 0.1) is 5.69 Å². The van der Waals surface area contributed by atoms with Crippen LogP contribution in [0.15, 0.2) is 9.95 Å². The molecule has 4 nitrogen and oxygen atoms in total. The molecule has 14 heavy (non-hydrogen) atoms. The van der Waals surface area contributed by atoms with Gasteiger partial charge in [0, 0.05) is 11.6 Å². The zero-order valence-corrected chi connectivity index (χ0v) is 8.86. The molecule has 0 radical (unpaired) electrons. The van der Waals surface area contributed by atoms with E-state index in [0.29, 0.717) is 11.6 Å². The summed E-state index contributed by atoms with van der Waals surface area (Å²) in [4.78, 5) is 18.7. The number of aromatic amines is 1. The molecule has 0 saturated carbocycles. The molecule has 0 aromatic carbocycles. The largest absolute Gasteiger partial charge is 0.327 e. The van der Waals surface area contributed by atoms with Crippen LogP contribution in [0.5, 0.6) is 0 Å². The topological polar surface area (TPSA) is 71.8 Å². The molecule has 5 heteroatoms. The predicted octanol–water partition coefficient (Wildman–Crippen LogP) is 0.308. The van der Waals surface area contributed by atoms with Crippen molar-refractivity contribution in [3.05, 3.63) is 21.6 Å². The highest BCUT2D eigenvalue weighted by molar-refractivity contribution is 7.98. The minimum Gasteiger partial charge on any atom is -0.327 e. The number of aryl methyl sites for hydroxylation is 1. The monoisotopic (exact) mass is 211 g/mol. The lowest BCUT2D eigenvalue weighted by molar-refractivity contribution is 0.553. The van der Waals surface area contributed by atoms with Crippen LogP contribution in [-0.4, -0.2) is 22.3 Å². The molecule has 1 heterocycles. The van der Waals surface area contributed by atoms with E-state index in [2.05, 4.69) is 9.97 Å². The molecule has 0 fully saturated rings. The highest BCUT2D eigenvalue weighted by Gasteiger charge is 2.20. The number of hydrogen-bond donors (Lipinski definition) is 2. The van der Waals surface area contributed by atoms with Gasteiger partial charge in [-0.25, -0.2) is 4.98 Å². The first-order chi connectivity index (χ1) is 6.70. The quantitative estimate of drug-likeness (QED) is 0.518. The van der Waals surface area contributed by atoms with Crippen LogP contribution in [0.1, 0.15) is 17.7 Å². The number of H-pyrrole nitrogens is 1. The van der Waals surface area contributed by atoms with E-state index < -0.39 is 0 Å². The average Bonchev–Trinajstić information content (AvgIpc) is 2.19. The van der Waals surface area contributed by atoms with Crippen molar-refractivity contribution < 1.29 is 0 Å². The van der Waals surface area contributed by atoms with Gasteiger partial charge >= 0.3 is 0 Å². The van der Waals surface area contributed by atoms with Gasteiger partial charge in [-0.1, -0.05) is 11.8 Å². The molecule has 0 aliphatic heterocycles. The minimum absolute atomic E-state index is 0.0190. The Balaban J connectivity index is 2.48. The normalized spacial score (nSPS) is 20.6. The van der Waals surface area contributed by atoms with Crippen molar-refractivity contribution in [3.63, 3.8) is 0 Å². The highest BCUT2D eigenvalue weighted by Crippen LogP contribution is 2.17. The second-order valence-electron chi connectivity index (χ2n) is 3.50. The molecule has 0 amide bonds. The number of fused-ring (bicyclic) bond motifs is 1. The molecule has 76 valence electrons. The summed E-state index contributed by atoms with van der Waals surface area (Å²) in [5, 5.41) is 0.698. The summed E-state index contributed by atoms with van der Waals surface area (Å²) in [6, 6.07) is 0.116. The molecule has 1 aromatic rings. The molecule has 1 aromatic heterocycles. The Hall–Kier alpha value is -0.810. The Bertz CT molecular complexity index is 402. The number of nitrogens with one attached hydrogen (secondary N) is 1. The zero-order valence-electron chi connectivity index (χ0n) is 8.04. The molecule has 1 aliphatic carbocycles. The third-order valence-electron chi connectivity index (χ3n) is 2.49. The lowest BCUT2D eigenvalue weighted by Crippen LogP contribution is -2.33. The fraction of sp³-hybridized carbons (Fsp3) is 0.556. The molecule has 1 atom stereocenters. The molecule has 1 unspecified atom stereocenters. The third-order valence-corrected chi connectivity index (χ3v) is 3.07. The molecular weight excluding hydrogens is 198 g/mol. The van der Waals surface area contributed by atoms with Crippen LogP contribution < -0.4 is 11.3 Å². The van der Waals surface area contributed by atoms with Gasteiger partial charge in [-0.15, -0.1) is 0 Å². The summed E-state index contributed by atoms with van der Waals surface area (Å²) in [7, 11) is 0. The van der Waals surface area contributed by atoms with Gasteiger partial charge in [0.25, 0.3) is 5.56 Å². The Kier molecular flexibility index (Phi) is 2.60. The molecule has 0 bridgehead atoms. The lowest BCUT2D eigenvalue weighted by atomic mass is 9.93. The van der Waals surface area contributed by atoms with Crippen molar-refractivity contribution in [1.29, 1.82) is 0 Å². The Morgan fingerprint density at radius 3 is 3.14 bits per heavy atom. The molecule has 2 rings (SSSR count). The molecule has 0 spiro atoms. The number of nitrogens with zero attached hydrogens (tertiary/aromatic N) is 1. The van der Waals surface area contributed by atoms with Crippen molar-refractivity contribution in [1.82, 2.24) is 9.97 Å². The maximum Gasteiger partial charge on any atom is 0.255 e. The van der Waals surface area contributed by atoms with E-state index in [-0.39, 0.29) is 11.6 Å². The maximum absolute atomic E-state index is 11.6. The van der Waals surface area contributed by atoms with Crippen LogP contribution in [0, 0.1) is 0 Å². The van der Waals surface area contributed by atoms with Gasteiger partial charge in [0.15, 0.2) is 5.16 Å². The SMILES string of the molecule is CSc1nc2c(c(=O)[nH]1)CC(N)CC2. The van der Waals surface area contributed by atoms with Gasteiger partial charge in [-0.3, -0.25) is 4.79 Å². The number of nitrogens with two attached hydrogens (primary N) is 1. The Labute approximate surface area is 86.3 Å². The third kappa shape index (κ3) is 1.69. The fourth-order valence-corrected chi connectivity index (χ4v) is 2.12. The first kappa shape index (κ1) is 9.73. The summed E-state index contributed by atoms with van der Waals surface area (Å²) < 4.78 is 0. The molecule has 0 saturated heterocycles. The fourth-order valence-electron chi connectivity index (χ4n) is 1.72. The van der Waals surface area contributed by atoms with Gasteiger partial charge in [0.1, 0.15) is 0 Å². The summed E-state index contributed by atoms with van der Waals surface area (Å²) in [6.45, 7) is 0. The minimum atomic E-state index is -0.0190. The van der Waals surface area contributed by atoms with E-state index in [4.69, 9.17) is 5.73 Å².